The summed E-state index contributed by atoms with van der Waals surface area (Å²) in [6.07, 6.45) is 1.99. The Morgan fingerprint density at radius 2 is 2.10 bits per heavy atom. The van der Waals surface area contributed by atoms with Crippen molar-refractivity contribution in [3.05, 3.63) is 24.1 Å². The normalized spacial score (nSPS) is 18.9. The maximum absolute atomic E-state index is 13.6. The third-order valence-corrected chi connectivity index (χ3v) is 5.14. The number of aromatic nitrogens is 1. The zero-order chi connectivity index (χ0) is 14.6. The molecule has 2 rings (SSSR count). The highest BCUT2D eigenvalue weighted by Gasteiger charge is 2.30. The molecule has 0 saturated carbocycles. The van der Waals surface area contributed by atoms with Gasteiger partial charge in [0.2, 0.25) is 5.03 Å². The molecule has 1 aromatic rings. The molecule has 112 valence electrons. The van der Waals surface area contributed by atoms with Gasteiger partial charge in [0.05, 0.1) is 0 Å². The zero-order valence-electron chi connectivity index (χ0n) is 11.2. The summed E-state index contributed by atoms with van der Waals surface area (Å²) in [5.74, 6) is -0.810. The second-order valence-electron chi connectivity index (χ2n) is 4.68. The van der Waals surface area contributed by atoms with Crippen LogP contribution in [0.4, 0.5) is 4.39 Å². The first-order valence-corrected chi connectivity index (χ1v) is 8.03. The third-order valence-electron chi connectivity index (χ3n) is 3.30. The number of nitrogens with zero attached hydrogens (tertiary/aromatic N) is 3. The van der Waals surface area contributed by atoms with Crippen LogP contribution in [0.25, 0.3) is 0 Å². The summed E-state index contributed by atoms with van der Waals surface area (Å²) < 4.78 is 39.8. The molecule has 0 aromatic carbocycles. The van der Waals surface area contributed by atoms with Crippen LogP contribution in [-0.4, -0.2) is 61.9 Å². The van der Waals surface area contributed by atoms with Crippen molar-refractivity contribution in [1.82, 2.24) is 14.2 Å². The van der Waals surface area contributed by atoms with E-state index in [2.05, 4.69) is 9.88 Å². The number of pyridine rings is 1. The summed E-state index contributed by atoms with van der Waals surface area (Å²) in [7, 11) is -3.87. The molecule has 0 atom stereocenters. The molecule has 1 aliphatic rings. The number of rotatable bonds is 4. The summed E-state index contributed by atoms with van der Waals surface area (Å²) in [6, 6.07) is 2.48. The molecule has 20 heavy (non-hydrogen) atoms. The van der Waals surface area contributed by atoms with E-state index in [0.717, 1.165) is 19.2 Å². The van der Waals surface area contributed by atoms with Crippen LogP contribution in [0.2, 0.25) is 0 Å². The molecular weight excluding hydrogens is 283 g/mol. The van der Waals surface area contributed by atoms with Crippen molar-refractivity contribution in [2.45, 2.75) is 11.4 Å². The average Bonchev–Trinajstić information content (AvgIpc) is 2.65. The van der Waals surface area contributed by atoms with E-state index in [1.807, 2.05) is 0 Å². The number of sulfonamides is 1. The van der Waals surface area contributed by atoms with Crippen LogP contribution in [0.5, 0.6) is 0 Å². The minimum atomic E-state index is -3.87. The first-order valence-electron chi connectivity index (χ1n) is 6.59. The largest absolute Gasteiger partial charge is 0.329 e. The predicted molar refractivity (Wildman–Crippen MR) is 73.1 cm³/mol. The van der Waals surface area contributed by atoms with Crippen molar-refractivity contribution in [1.29, 1.82) is 0 Å². The fourth-order valence-corrected chi connectivity index (χ4v) is 3.72. The summed E-state index contributed by atoms with van der Waals surface area (Å²) in [4.78, 5) is 5.79. The first-order chi connectivity index (χ1) is 9.55. The van der Waals surface area contributed by atoms with E-state index in [9.17, 15) is 12.8 Å². The molecule has 8 heteroatoms. The van der Waals surface area contributed by atoms with Gasteiger partial charge in [-0.3, -0.25) is 0 Å². The Bertz CT molecular complexity index is 552. The lowest BCUT2D eigenvalue weighted by atomic mass is 10.4. The molecule has 1 saturated heterocycles. The van der Waals surface area contributed by atoms with Crippen molar-refractivity contribution >= 4 is 10.0 Å². The summed E-state index contributed by atoms with van der Waals surface area (Å²) in [5, 5.41) is -0.493. The van der Waals surface area contributed by atoms with Crippen LogP contribution < -0.4 is 5.73 Å². The number of nitrogens with two attached hydrogens (primary N) is 1. The Hall–Kier alpha value is -1.09. The summed E-state index contributed by atoms with van der Waals surface area (Å²) >= 11 is 0. The lowest BCUT2D eigenvalue weighted by Gasteiger charge is -2.20. The van der Waals surface area contributed by atoms with E-state index in [1.54, 1.807) is 0 Å². The smallest absolute Gasteiger partial charge is 0.263 e. The molecule has 1 aliphatic heterocycles. The van der Waals surface area contributed by atoms with Crippen molar-refractivity contribution < 1.29 is 12.8 Å². The van der Waals surface area contributed by atoms with Crippen molar-refractivity contribution in [3.8, 4) is 0 Å². The maximum Gasteiger partial charge on any atom is 0.263 e. The Labute approximate surface area is 118 Å². The van der Waals surface area contributed by atoms with Crippen LogP contribution in [0, 0.1) is 5.82 Å². The van der Waals surface area contributed by atoms with Gasteiger partial charge in [0, 0.05) is 38.9 Å². The van der Waals surface area contributed by atoms with E-state index < -0.39 is 20.9 Å². The minimum Gasteiger partial charge on any atom is -0.329 e. The van der Waals surface area contributed by atoms with Gasteiger partial charge >= 0.3 is 0 Å². The van der Waals surface area contributed by atoms with Gasteiger partial charge in [0.25, 0.3) is 10.0 Å². The van der Waals surface area contributed by atoms with Gasteiger partial charge in [0.1, 0.15) is 0 Å². The quantitative estimate of drug-likeness (QED) is 0.838. The van der Waals surface area contributed by atoms with Crippen LogP contribution in [0.15, 0.2) is 23.4 Å². The predicted octanol–water partition coefficient (Wildman–Crippen LogP) is -0.124. The van der Waals surface area contributed by atoms with Crippen molar-refractivity contribution in [2.75, 3.05) is 39.3 Å². The van der Waals surface area contributed by atoms with Gasteiger partial charge in [-0.1, -0.05) is 0 Å². The van der Waals surface area contributed by atoms with Crippen LogP contribution >= 0.6 is 0 Å². The topological polar surface area (TPSA) is 79.5 Å². The number of halogens is 1. The van der Waals surface area contributed by atoms with Gasteiger partial charge in [-0.05, 0) is 25.1 Å². The molecule has 0 radical (unpaired) electrons. The van der Waals surface area contributed by atoms with Crippen LogP contribution in [0.3, 0.4) is 0 Å². The molecule has 0 bridgehead atoms. The third kappa shape index (κ3) is 3.32. The van der Waals surface area contributed by atoms with Crippen LogP contribution in [-0.2, 0) is 10.0 Å². The highest BCUT2D eigenvalue weighted by atomic mass is 32.2. The molecule has 2 heterocycles. The molecule has 6 nitrogen and oxygen atoms in total. The Balaban J connectivity index is 2.16. The second kappa shape index (κ2) is 6.57. The highest BCUT2D eigenvalue weighted by Crippen LogP contribution is 2.18. The van der Waals surface area contributed by atoms with Gasteiger partial charge in [-0.2, -0.15) is 4.31 Å². The van der Waals surface area contributed by atoms with Crippen molar-refractivity contribution in [2.24, 2.45) is 5.73 Å². The molecule has 0 spiro atoms. The zero-order valence-corrected chi connectivity index (χ0v) is 12.0. The molecule has 0 aliphatic carbocycles. The SMILES string of the molecule is NCCN1CCCN(S(=O)(=O)c2ncccc2F)CC1. The fraction of sp³-hybridized carbons (Fsp3) is 0.583. The number of hydrogen-bond acceptors (Lipinski definition) is 5. The molecule has 1 aromatic heterocycles. The lowest BCUT2D eigenvalue weighted by molar-refractivity contribution is 0.294. The second-order valence-corrected chi connectivity index (χ2v) is 6.53. The van der Waals surface area contributed by atoms with Crippen LogP contribution in [0.1, 0.15) is 6.42 Å². The van der Waals surface area contributed by atoms with Gasteiger partial charge in [-0.15, -0.1) is 0 Å². The maximum atomic E-state index is 13.6. The van der Waals surface area contributed by atoms with Gasteiger partial charge in [0.15, 0.2) is 5.82 Å². The minimum absolute atomic E-state index is 0.332. The first kappa shape index (κ1) is 15.3. The highest BCUT2D eigenvalue weighted by molar-refractivity contribution is 7.89. The molecule has 2 N–H and O–H groups in total. The molecule has 0 amide bonds. The van der Waals surface area contributed by atoms with Gasteiger partial charge in [-0.25, -0.2) is 17.8 Å². The Morgan fingerprint density at radius 1 is 1.30 bits per heavy atom. The lowest BCUT2D eigenvalue weighted by Crippen LogP contribution is -2.37. The van der Waals surface area contributed by atoms with E-state index in [0.29, 0.717) is 32.6 Å². The number of hydrogen-bond donors (Lipinski definition) is 1. The van der Waals surface area contributed by atoms with E-state index in [4.69, 9.17) is 5.73 Å². The molecule has 0 unspecified atom stereocenters. The molecule has 1 fully saturated rings. The Kier molecular flexibility index (Phi) is 5.03. The van der Waals surface area contributed by atoms with Crippen molar-refractivity contribution in [3.63, 3.8) is 0 Å². The summed E-state index contributed by atoms with van der Waals surface area (Å²) in [6.45, 7) is 3.39. The Morgan fingerprint density at radius 3 is 2.80 bits per heavy atom. The van der Waals surface area contributed by atoms with E-state index in [1.165, 1.54) is 16.6 Å². The molecular formula is C12H19FN4O2S. The van der Waals surface area contributed by atoms with Gasteiger partial charge < -0.3 is 10.6 Å². The monoisotopic (exact) mass is 302 g/mol. The standard InChI is InChI=1S/C12H19FN4O2S/c13-11-3-1-5-15-12(11)20(18,19)17-7-2-6-16(8-4-14)9-10-17/h1,3,5H,2,4,6-10,14H2. The van der Waals surface area contributed by atoms with E-state index >= 15 is 0 Å². The fourth-order valence-electron chi connectivity index (χ4n) is 2.28. The van der Waals surface area contributed by atoms with E-state index in [-0.39, 0.29) is 0 Å². The summed E-state index contributed by atoms with van der Waals surface area (Å²) in [5.41, 5.74) is 5.51. The average molecular weight is 302 g/mol.